The van der Waals surface area contributed by atoms with Crippen molar-refractivity contribution in [2.75, 3.05) is 13.2 Å². The zero-order chi connectivity index (χ0) is 12.1. The van der Waals surface area contributed by atoms with Gasteiger partial charge in [0.2, 0.25) is 0 Å². The zero-order valence-electron chi connectivity index (χ0n) is 11.3. The molecule has 0 saturated carbocycles. The van der Waals surface area contributed by atoms with Crippen LogP contribution in [0.25, 0.3) is 0 Å². The van der Waals surface area contributed by atoms with Crippen LogP contribution < -0.4 is 5.32 Å². The number of nitrogens with one attached hydrogen (secondary N) is 1. The van der Waals surface area contributed by atoms with Crippen LogP contribution in [-0.4, -0.2) is 24.3 Å². The Morgan fingerprint density at radius 3 is 2.12 bits per heavy atom. The van der Waals surface area contributed by atoms with Crippen molar-refractivity contribution < 1.29 is 5.11 Å². The third-order valence-corrected chi connectivity index (χ3v) is 3.18. The first-order chi connectivity index (χ1) is 7.85. The van der Waals surface area contributed by atoms with Crippen LogP contribution in [0, 0.1) is 0 Å². The third-order valence-electron chi connectivity index (χ3n) is 3.18. The molecule has 0 rings (SSSR count). The number of unbranched alkanes of at least 4 members (excludes halogenated alkanes) is 6. The normalized spacial score (nSPS) is 12.9. The summed E-state index contributed by atoms with van der Waals surface area (Å²) in [6.07, 6.45) is 11.6. The van der Waals surface area contributed by atoms with Gasteiger partial charge in [-0.05, 0) is 25.8 Å². The predicted molar refractivity (Wildman–Crippen MR) is 71.8 cm³/mol. The lowest BCUT2D eigenvalue weighted by atomic mass is 10.1. The first-order valence-electron chi connectivity index (χ1n) is 7.19. The fourth-order valence-electron chi connectivity index (χ4n) is 1.99. The SMILES string of the molecule is CCCCCCCCCNC(CC)CCO. The number of hydrogen-bond donors (Lipinski definition) is 2. The summed E-state index contributed by atoms with van der Waals surface area (Å²) < 4.78 is 0. The highest BCUT2D eigenvalue weighted by Gasteiger charge is 2.02. The minimum absolute atomic E-state index is 0.308. The van der Waals surface area contributed by atoms with Crippen LogP contribution in [0.5, 0.6) is 0 Å². The van der Waals surface area contributed by atoms with Crippen LogP contribution in [0.4, 0.5) is 0 Å². The van der Waals surface area contributed by atoms with Crippen LogP contribution >= 0.6 is 0 Å². The maximum atomic E-state index is 8.85. The van der Waals surface area contributed by atoms with Crippen LogP contribution in [-0.2, 0) is 0 Å². The van der Waals surface area contributed by atoms with Crippen molar-refractivity contribution >= 4 is 0 Å². The quantitative estimate of drug-likeness (QED) is 0.502. The molecule has 0 aromatic rings. The van der Waals surface area contributed by atoms with Crippen LogP contribution in [0.3, 0.4) is 0 Å². The van der Waals surface area contributed by atoms with E-state index in [2.05, 4.69) is 19.2 Å². The molecular formula is C14H31NO. The lowest BCUT2D eigenvalue weighted by Crippen LogP contribution is -2.30. The van der Waals surface area contributed by atoms with Crippen molar-refractivity contribution in [1.82, 2.24) is 5.32 Å². The largest absolute Gasteiger partial charge is 0.396 e. The second-order valence-corrected chi connectivity index (χ2v) is 4.69. The molecule has 1 unspecified atom stereocenters. The van der Waals surface area contributed by atoms with Gasteiger partial charge in [-0.15, -0.1) is 0 Å². The van der Waals surface area contributed by atoms with Gasteiger partial charge in [-0.1, -0.05) is 52.4 Å². The fraction of sp³-hybridized carbons (Fsp3) is 1.00. The van der Waals surface area contributed by atoms with Crippen molar-refractivity contribution in [2.45, 2.75) is 77.7 Å². The van der Waals surface area contributed by atoms with Gasteiger partial charge in [0.1, 0.15) is 0 Å². The molecule has 0 aromatic heterocycles. The Bertz CT molecular complexity index is 128. The van der Waals surface area contributed by atoms with Gasteiger partial charge in [-0.25, -0.2) is 0 Å². The van der Waals surface area contributed by atoms with Crippen LogP contribution in [0.15, 0.2) is 0 Å². The van der Waals surface area contributed by atoms with E-state index in [1.807, 2.05) is 0 Å². The summed E-state index contributed by atoms with van der Waals surface area (Å²) >= 11 is 0. The monoisotopic (exact) mass is 229 g/mol. The molecular weight excluding hydrogens is 198 g/mol. The summed E-state index contributed by atoms with van der Waals surface area (Å²) in [4.78, 5) is 0. The number of hydrogen-bond acceptors (Lipinski definition) is 2. The van der Waals surface area contributed by atoms with E-state index in [1.54, 1.807) is 0 Å². The molecule has 0 aliphatic rings. The van der Waals surface area contributed by atoms with Crippen LogP contribution in [0.2, 0.25) is 0 Å². The first kappa shape index (κ1) is 15.9. The van der Waals surface area contributed by atoms with Crippen molar-refractivity contribution in [3.05, 3.63) is 0 Å². The minimum atomic E-state index is 0.308. The van der Waals surface area contributed by atoms with Gasteiger partial charge in [0.05, 0.1) is 0 Å². The summed E-state index contributed by atoms with van der Waals surface area (Å²) in [5, 5.41) is 12.4. The fourth-order valence-corrected chi connectivity index (χ4v) is 1.99. The summed E-state index contributed by atoms with van der Waals surface area (Å²) in [6, 6.07) is 0.519. The van der Waals surface area contributed by atoms with Crippen molar-refractivity contribution in [1.29, 1.82) is 0 Å². The van der Waals surface area contributed by atoms with Crippen molar-refractivity contribution in [2.24, 2.45) is 0 Å². The Hall–Kier alpha value is -0.0800. The molecule has 0 aliphatic carbocycles. The Morgan fingerprint density at radius 1 is 0.938 bits per heavy atom. The van der Waals surface area contributed by atoms with E-state index >= 15 is 0 Å². The van der Waals surface area contributed by atoms with Gasteiger partial charge in [0, 0.05) is 12.6 Å². The average Bonchev–Trinajstić information content (AvgIpc) is 2.31. The second-order valence-electron chi connectivity index (χ2n) is 4.69. The maximum Gasteiger partial charge on any atom is 0.0445 e. The number of aliphatic hydroxyl groups excluding tert-OH is 1. The van der Waals surface area contributed by atoms with Gasteiger partial charge in [-0.3, -0.25) is 0 Å². The smallest absolute Gasteiger partial charge is 0.0445 e. The Balaban J connectivity index is 3.12. The Morgan fingerprint density at radius 2 is 1.56 bits per heavy atom. The second kappa shape index (κ2) is 13.0. The molecule has 0 heterocycles. The van der Waals surface area contributed by atoms with Crippen molar-refractivity contribution in [3.8, 4) is 0 Å². The maximum absolute atomic E-state index is 8.85. The van der Waals surface area contributed by atoms with Gasteiger partial charge < -0.3 is 10.4 Å². The molecule has 0 saturated heterocycles. The first-order valence-corrected chi connectivity index (χ1v) is 7.19. The van der Waals surface area contributed by atoms with E-state index in [4.69, 9.17) is 5.11 Å². The van der Waals surface area contributed by atoms with Gasteiger partial charge in [0.25, 0.3) is 0 Å². The number of rotatable bonds is 12. The highest BCUT2D eigenvalue weighted by molar-refractivity contribution is 4.63. The molecule has 2 nitrogen and oxygen atoms in total. The zero-order valence-corrected chi connectivity index (χ0v) is 11.3. The Labute approximate surface area is 102 Å². The Kier molecular flexibility index (Phi) is 12.9. The van der Waals surface area contributed by atoms with E-state index < -0.39 is 0 Å². The van der Waals surface area contributed by atoms with Crippen LogP contribution in [0.1, 0.15) is 71.6 Å². The molecule has 98 valence electrons. The molecule has 0 aliphatic heterocycles. The summed E-state index contributed by atoms with van der Waals surface area (Å²) in [6.45, 7) is 5.86. The lowest BCUT2D eigenvalue weighted by Gasteiger charge is -2.15. The summed E-state index contributed by atoms with van der Waals surface area (Å²) in [7, 11) is 0. The molecule has 0 spiro atoms. The highest BCUT2D eigenvalue weighted by Crippen LogP contribution is 2.06. The highest BCUT2D eigenvalue weighted by atomic mass is 16.3. The number of aliphatic hydroxyl groups is 1. The molecule has 2 N–H and O–H groups in total. The summed E-state index contributed by atoms with van der Waals surface area (Å²) in [5.41, 5.74) is 0. The average molecular weight is 229 g/mol. The van der Waals surface area contributed by atoms with E-state index in [-0.39, 0.29) is 0 Å². The molecule has 0 amide bonds. The van der Waals surface area contributed by atoms with Gasteiger partial charge in [0.15, 0.2) is 0 Å². The van der Waals surface area contributed by atoms with E-state index in [0.717, 1.165) is 19.4 Å². The molecule has 1 atom stereocenters. The van der Waals surface area contributed by atoms with Crippen molar-refractivity contribution in [3.63, 3.8) is 0 Å². The van der Waals surface area contributed by atoms with E-state index in [9.17, 15) is 0 Å². The molecule has 0 fully saturated rings. The molecule has 2 heteroatoms. The van der Waals surface area contributed by atoms with Gasteiger partial charge >= 0.3 is 0 Å². The molecule has 16 heavy (non-hydrogen) atoms. The molecule has 0 bridgehead atoms. The standard InChI is InChI=1S/C14H31NO/c1-3-5-6-7-8-9-10-12-15-14(4-2)11-13-16/h14-16H,3-13H2,1-2H3. The molecule has 0 radical (unpaired) electrons. The predicted octanol–water partition coefficient (Wildman–Crippen LogP) is 3.49. The summed E-state index contributed by atoms with van der Waals surface area (Å²) in [5.74, 6) is 0. The lowest BCUT2D eigenvalue weighted by molar-refractivity contribution is 0.262. The van der Waals surface area contributed by atoms with E-state index in [1.165, 1.54) is 44.9 Å². The van der Waals surface area contributed by atoms with Gasteiger partial charge in [-0.2, -0.15) is 0 Å². The van der Waals surface area contributed by atoms with E-state index in [0.29, 0.717) is 12.6 Å². The third kappa shape index (κ3) is 10.4. The minimum Gasteiger partial charge on any atom is -0.396 e. The molecule has 0 aromatic carbocycles. The topological polar surface area (TPSA) is 32.3 Å².